The van der Waals surface area contributed by atoms with E-state index in [4.69, 9.17) is 5.73 Å². The lowest BCUT2D eigenvalue weighted by Crippen LogP contribution is -2.39. The molecule has 13 heavy (non-hydrogen) atoms. The SMILES string of the molecule is NC1(c2cccnn2)CCCCC1. The van der Waals surface area contributed by atoms with E-state index in [9.17, 15) is 0 Å². The first-order valence-corrected chi connectivity index (χ1v) is 4.88. The fourth-order valence-corrected chi connectivity index (χ4v) is 2.01. The highest BCUT2D eigenvalue weighted by atomic mass is 15.1. The Morgan fingerprint density at radius 1 is 1.23 bits per heavy atom. The van der Waals surface area contributed by atoms with E-state index in [1.54, 1.807) is 6.20 Å². The standard InChI is InChI=1S/C10H15N3/c11-10(6-2-1-3-7-10)9-5-4-8-12-13-9/h4-5,8H,1-3,6-7,11H2. The van der Waals surface area contributed by atoms with E-state index in [2.05, 4.69) is 10.2 Å². The van der Waals surface area contributed by atoms with Gasteiger partial charge in [-0.3, -0.25) is 0 Å². The zero-order chi connectivity index (χ0) is 9.15. The van der Waals surface area contributed by atoms with E-state index in [1.807, 2.05) is 12.1 Å². The Hall–Kier alpha value is -0.960. The molecule has 0 unspecified atom stereocenters. The molecule has 0 bridgehead atoms. The molecular weight excluding hydrogens is 162 g/mol. The Bertz CT molecular complexity index is 265. The molecule has 1 fully saturated rings. The minimum Gasteiger partial charge on any atom is -0.320 e. The smallest absolute Gasteiger partial charge is 0.0829 e. The normalized spacial score (nSPS) is 21.3. The molecule has 3 nitrogen and oxygen atoms in total. The van der Waals surface area contributed by atoms with Crippen LogP contribution >= 0.6 is 0 Å². The van der Waals surface area contributed by atoms with Gasteiger partial charge in [-0.2, -0.15) is 10.2 Å². The van der Waals surface area contributed by atoms with Crippen LogP contribution in [0.5, 0.6) is 0 Å². The first-order chi connectivity index (χ1) is 6.31. The summed E-state index contributed by atoms with van der Waals surface area (Å²) in [6.07, 6.45) is 7.52. The highest BCUT2D eigenvalue weighted by Gasteiger charge is 2.30. The fourth-order valence-electron chi connectivity index (χ4n) is 2.01. The predicted octanol–water partition coefficient (Wildman–Crippen LogP) is 1.59. The van der Waals surface area contributed by atoms with Crippen LogP contribution in [0, 0.1) is 0 Å². The molecular formula is C10H15N3. The topological polar surface area (TPSA) is 51.8 Å². The van der Waals surface area contributed by atoms with Crippen molar-refractivity contribution in [1.82, 2.24) is 10.2 Å². The molecule has 1 aliphatic rings. The summed E-state index contributed by atoms with van der Waals surface area (Å²) < 4.78 is 0. The Labute approximate surface area is 78.4 Å². The predicted molar refractivity (Wildman–Crippen MR) is 51.0 cm³/mol. The third kappa shape index (κ3) is 1.70. The molecule has 2 rings (SSSR count). The minimum absolute atomic E-state index is 0.202. The average Bonchev–Trinajstić information content (AvgIpc) is 2.20. The van der Waals surface area contributed by atoms with Crippen LogP contribution in [-0.2, 0) is 5.54 Å². The first kappa shape index (κ1) is 8.63. The maximum absolute atomic E-state index is 6.28. The van der Waals surface area contributed by atoms with Gasteiger partial charge < -0.3 is 5.73 Å². The summed E-state index contributed by atoms with van der Waals surface area (Å²) in [7, 11) is 0. The van der Waals surface area contributed by atoms with Crippen LogP contribution < -0.4 is 5.73 Å². The second-order valence-corrected chi connectivity index (χ2v) is 3.83. The summed E-state index contributed by atoms with van der Waals surface area (Å²) in [5.74, 6) is 0. The number of hydrogen-bond donors (Lipinski definition) is 1. The molecule has 0 aromatic carbocycles. The fraction of sp³-hybridized carbons (Fsp3) is 0.600. The Morgan fingerprint density at radius 2 is 2.00 bits per heavy atom. The molecule has 0 spiro atoms. The summed E-state index contributed by atoms with van der Waals surface area (Å²) >= 11 is 0. The zero-order valence-electron chi connectivity index (χ0n) is 7.74. The largest absolute Gasteiger partial charge is 0.320 e. The summed E-state index contributed by atoms with van der Waals surface area (Å²) in [6, 6.07) is 3.89. The van der Waals surface area contributed by atoms with Gasteiger partial charge in [0.25, 0.3) is 0 Å². The molecule has 0 atom stereocenters. The average molecular weight is 177 g/mol. The highest BCUT2D eigenvalue weighted by molar-refractivity contribution is 5.13. The summed E-state index contributed by atoms with van der Waals surface area (Å²) in [5, 5.41) is 7.97. The van der Waals surface area contributed by atoms with Crippen LogP contribution in [0.2, 0.25) is 0 Å². The molecule has 0 saturated heterocycles. The number of nitrogens with zero attached hydrogens (tertiary/aromatic N) is 2. The van der Waals surface area contributed by atoms with Gasteiger partial charge in [-0.25, -0.2) is 0 Å². The lowest BCUT2D eigenvalue weighted by atomic mass is 9.80. The zero-order valence-corrected chi connectivity index (χ0v) is 7.74. The Morgan fingerprint density at radius 3 is 2.62 bits per heavy atom. The van der Waals surface area contributed by atoms with E-state index in [-0.39, 0.29) is 5.54 Å². The van der Waals surface area contributed by atoms with Crippen LogP contribution in [0.3, 0.4) is 0 Å². The van der Waals surface area contributed by atoms with Crippen molar-refractivity contribution in [2.45, 2.75) is 37.6 Å². The van der Waals surface area contributed by atoms with E-state index in [0.717, 1.165) is 18.5 Å². The van der Waals surface area contributed by atoms with Crippen LogP contribution in [0.4, 0.5) is 0 Å². The van der Waals surface area contributed by atoms with Gasteiger partial charge >= 0.3 is 0 Å². The number of rotatable bonds is 1. The molecule has 1 heterocycles. The van der Waals surface area contributed by atoms with Gasteiger partial charge in [0.1, 0.15) is 0 Å². The molecule has 3 heteroatoms. The van der Waals surface area contributed by atoms with E-state index >= 15 is 0 Å². The number of hydrogen-bond acceptors (Lipinski definition) is 3. The maximum Gasteiger partial charge on any atom is 0.0829 e. The van der Waals surface area contributed by atoms with Crippen molar-refractivity contribution >= 4 is 0 Å². The second kappa shape index (κ2) is 3.42. The number of nitrogens with two attached hydrogens (primary N) is 1. The summed E-state index contributed by atoms with van der Waals surface area (Å²) in [6.45, 7) is 0. The third-order valence-electron chi connectivity index (χ3n) is 2.83. The quantitative estimate of drug-likeness (QED) is 0.708. The number of aromatic nitrogens is 2. The van der Waals surface area contributed by atoms with Gasteiger partial charge in [-0.15, -0.1) is 0 Å². The summed E-state index contributed by atoms with van der Waals surface area (Å²) in [5.41, 5.74) is 7.03. The van der Waals surface area contributed by atoms with Gasteiger partial charge in [0.05, 0.1) is 11.2 Å². The highest BCUT2D eigenvalue weighted by Crippen LogP contribution is 2.32. The van der Waals surface area contributed by atoms with Crippen molar-refractivity contribution in [2.24, 2.45) is 5.73 Å². The lowest BCUT2D eigenvalue weighted by Gasteiger charge is -2.32. The second-order valence-electron chi connectivity index (χ2n) is 3.83. The molecule has 1 aromatic heterocycles. The maximum atomic E-state index is 6.28. The van der Waals surface area contributed by atoms with Gasteiger partial charge in [0.2, 0.25) is 0 Å². The van der Waals surface area contributed by atoms with Gasteiger partial charge in [0.15, 0.2) is 0 Å². The lowest BCUT2D eigenvalue weighted by molar-refractivity contribution is 0.293. The van der Waals surface area contributed by atoms with E-state index in [1.165, 1.54) is 19.3 Å². The Balaban J connectivity index is 2.23. The monoisotopic (exact) mass is 177 g/mol. The van der Waals surface area contributed by atoms with Crippen LogP contribution in [0.25, 0.3) is 0 Å². The molecule has 0 amide bonds. The van der Waals surface area contributed by atoms with E-state index in [0.29, 0.717) is 0 Å². The molecule has 0 radical (unpaired) electrons. The Kier molecular flexibility index (Phi) is 2.27. The summed E-state index contributed by atoms with van der Waals surface area (Å²) in [4.78, 5) is 0. The van der Waals surface area contributed by atoms with Crippen molar-refractivity contribution in [2.75, 3.05) is 0 Å². The van der Waals surface area contributed by atoms with Gasteiger partial charge in [-0.1, -0.05) is 19.3 Å². The van der Waals surface area contributed by atoms with Crippen molar-refractivity contribution < 1.29 is 0 Å². The molecule has 1 saturated carbocycles. The molecule has 2 N–H and O–H groups in total. The first-order valence-electron chi connectivity index (χ1n) is 4.88. The van der Waals surface area contributed by atoms with Crippen LogP contribution in [-0.4, -0.2) is 10.2 Å². The van der Waals surface area contributed by atoms with Crippen molar-refractivity contribution in [1.29, 1.82) is 0 Å². The third-order valence-corrected chi connectivity index (χ3v) is 2.83. The van der Waals surface area contributed by atoms with Crippen molar-refractivity contribution in [3.8, 4) is 0 Å². The van der Waals surface area contributed by atoms with Gasteiger partial charge in [-0.05, 0) is 25.0 Å². The van der Waals surface area contributed by atoms with Crippen LogP contribution in [0.15, 0.2) is 18.3 Å². The van der Waals surface area contributed by atoms with Crippen molar-refractivity contribution in [3.05, 3.63) is 24.0 Å². The van der Waals surface area contributed by atoms with Gasteiger partial charge in [0, 0.05) is 6.20 Å². The van der Waals surface area contributed by atoms with Crippen molar-refractivity contribution in [3.63, 3.8) is 0 Å². The molecule has 1 aromatic rings. The molecule has 70 valence electrons. The van der Waals surface area contributed by atoms with Crippen LogP contribution in [0.1, 0.15) is 37.8 Å². The molecule has 1 aliphatic carbocycles. The van der Waals surface area contributed by atoms with E-state index < -0.39 is 0 Å². The molecule has 0 aliphatic heterocycles. The minimum atomic E-state index is -0.202.